The van der Waals surface area contributed by atoms with Crippen LogP contribution in [0.4, 0.5) is 0 Å². The number of carbonyl (C=O) groups is 1. The Morgan fingerprint density at radius 3 is 2.59 bits per heavy atom. The van der Waals surface area contributed by atoms with Crippen LogP contribution in [0.25, 0.3) is 5.95 Å². The summed E-state index contributed by atoms with van der Waals surface area (Å²) in [6, 6.07) is 19.4. The lowest BCUT2D eigenvalue weighted by atomic mass is 10.2. The highest BCUT2D eigenvalue weighted by Gasteiger charge is 2.29. The van der Waals surface area contributed by atoms with Crippen molar-refractivity contribution in [3.8, 4) is 11.7 Å². The van der Waals surface area contributed by atoms with E-state index in [2.05, 4.69) is 19.9 Å². The number of methoxy groups -OCH3 is 1. The van der Waals surface area contributed by atoms with Gasteiger partial charge in [-0.3, -0.25) is 19.2 Å². The summed E-state index contributed by atoms with van der Waals surface area (Å²) in [7, 11) is 1.65. The third-order valence-electron chi connectivity index (χ3n) is 6.28. The molecule has 1 aliphatic rings. The molecule has 0 spiro atoms. The molecule has 1 aliphatic heterocycles. The summed E-state index contributed by atoms with van der Waals surface area (Å²) in [5.41, 5.74) is 2.88. The molecule has 1 fully saturated rings. The summed E-state index contributed by atoms with van der Waals surface area (Å²) in [5, 5.41) is 0. The van der Waals surface area contributed by atoms with Gasteiger partial charge in [0.2, 0.25) is 11.9 Å². The summed E-state index contributed by atoms with van der Waals surface area (Å²) in [4.78, 5) is 30.5. The van der Waals surface area contributed by atoms with E-state index in [0.717, 1.165) is 22.7 Å². The largest absolute Gasteiger partial charge is 0.497 e. The van der Waals surface area contributed by atoms with Crippen LogP contribution in [0.15, 0.2) is 85.5 Å². The molecule has 3 aromatic heterocycles. The highest BCUT2D eigenvalue weighted by molar-refractivity contribution is 5.78. The normalized spacial score (nSPS) is 16.5. The van der Waals surface area contributed by atoms with E-state index in [0.29, 0.717) is 38.7 Å². The van der Waals surface area contributed by atoms with Crippen LogP contribution in [-0.4, -0.2) is 68.1 Å². The van der Waals surface area contributed by atoms with E-state index in [9.17, 15) is 4.79 Å². The molecule has 1 aromatic carbocycles. The van der Waals surface area contributed by atoms with Crippen molar-refractivity contribution in [1.29, 1.82) is 0 Å². The lowest BCUT2D eigenvalue weighted by Gasteiger charge is -2.25. The van der Waals surface area contributed by atoms with Crippen molar-refractivity contribution in [2.45, 2.75) is 25.8 Å². The molecule has 9 nitrogen and oxygen atoms in total. The molecule has 0 saturated carbocycles. The number of rotatable bonds is 9. The van der Waals surface area contributed by atoms with Gasteiger partial charge in [-0.1, -0.05) is 18.2 Å². The van der Waals surface area contributed by atoms with Crippen LogP contribution in [0.3, 0.4) is 0 Å². The number of hydrogen-bond donors (Lipinski definition) is 0. The van der Waals surface area contributed by atoms with Crippen LogP contribution in [0.1, 0.15) is 17.0 Å². The van der Waals surface area contributed by atoms with E-state index in [1.807, 2.05) is 70.3 Å². The van der Waals surface area contributed by atoms with Gasteiger partial charge in [0.05, 0.1) is 38.6 Å². The Bertz CT molecular complexity index is 1300. The summed E-state index contributed by atoms with van der Waals surface area (Å²) >= 11 is 0. The minimum atomic E-state index is -0.183. The SMILES string of the molecule is COc1cccc(COC2CN(Cc3cccn3-c3ncccn3)CC(=O)N(Cc3ccccn3)C2)c1. The van der Waals surface area contributed by atoms with Gasteiger partial charge in [0.1, 0.15) is 5.75 Å². The molecule has 1 atom stereocenters. The van der Waals surface area contributed by atoms with Gasteiger partial charge in [-0.05, 0) is 48.0 Å². The molecule has 0 radical (unpaired) electrons. The average molecular weight is 499 g/mol. The number of hydrogen-bond acceptors (Lipinski definition) is 7. The van der Waals surface area contributed by atoms with Crippen molar-refractivity contribution in [3.63, 3.8) is 0 Å². The van der Waals surface area contributed by atoms with Crippen molar-refractivity contribution in [1.82, 2.24) is 29.3 Å². The zero-order valence-corrected chi connectivity index (χ0v) is 20.8. The van der Waals surface area contributed by atoms with E-state index in [4.69, 9.17) is 9.47 Å². The van der Waals surface area contributed by atoms with E-state index < -0.39 is 0 Å². The number of carbonyl (C=O) groups excluding carboxylic acids is 1. The molecule has 0 bridgehead atoms. The molecule has 1 amide bonds. The molecule has 190 valence electrons. The minimum Gasteiger partial charge on any atom is -0.497 e. The van der Waals surface area contributed by atoms with Crippen LogP contribution >= 0.6 is 0 Å². The van der Waals surface area contributed by atoms with Gasteiger partial charge in [0, 0.05) is 50.1 Å². The molecule has 37 heavy (non-hydrogen) atoms. The maximum Gasteiger partial charge on any atom is 0.237 e. The molecular formula is C28H30N6O3. The molecule has 5 rings (SSSR count). The predicted octanol–water partition coefficient (Wildman–Crippen LogP) is 3.10. The molecule has 0 aliphatic carbocycles. The molecule has 1 unspecified atom stereocenters. The third-order valence-corrected chi connectivity index (χ3v) is 6.28. The Morgan fingerprint density at radius 1 is 0.919 bits per heavy atom. The lowest BCUT2D eigenvalue weighted by Crippen LogP contribution is -2.37. The molecule has 0 N–H and O–H groups in total. The van der Waals surface area contributed by atoms with E-state index >= 15 is 0 Å². The Balaban J connectivity index is 1.34. The van der Waals surface area contributed by atoms with Gasteiger partial charge in [-0.25, -0.2) is 9.97 Å². The average Bonchev–Trinajstić information content (AvgIpc) is 3.34. The second-order valence-electron chi connectivity index (χ2n) is 8.97. The summed E-state index contributed by atoms with van der Waals surface area (Å²) in [6.45, 7) is 2.81. The first-order chi connectivity index (χ1) is 18.2. The van der Waals surface area contributed by atoms with Gasteiger partial charge in [-0.15, -0.1) is 0 Å². The second-order valence-corrected chi connectivity index (χ2v) is 8.97. The standard InChI is InChI=1S/C28H30N6O3/c1-36-25-10-4-7-22(15-25)21-37-26-18-32(17-24-9-5-14-34(24)28-30-12-6-13-31-28)20-27(35)33(19-26)16-23-8-2-3-11-29-23/h2-15,26H,16-21H2,1H3. The van der Waals surface area contributed by atoms with Crippen LogP contribution in [0, 0.1) is 0 Å². The lowest BCUT2D eigenvalue weighted by molar-refractivity contribution is -0.132. The molecule has 1 saturated heterocycles. The number of amides is 1. The van der Waals surface area contributed by atoms with Gasteiger partial charge >= 0.3 is 0 Å². The Hall–Kier alpha value is -4.08. The maximum atomic E-state index is 13.4. The van der Waals surface area contributed by atoms with Crippen molar-refractivity contribution >= 4 is 5.91 Å². The fourth-order valence-corrected chi connectivity index (χ4v) is 4.48. The van der Waals surface area contributed by atoms with Crippen molar-refractivity contribution in [2.24, 2.45) is 0 Å². The highest BCUT2D eigenvalue weighted by Crippen LogP contribution is 2.19. The minimum absolute atomic E-state index is 0.0483. The molecule has 4 heterocycles. The van der Waals surface area contributed by atoms with Crippen molar-refractivity contribution in [3.05, 3.63) is 102 Å². The third kappa shape index (κ3) is 6.38. The summed E-state index contributed by atoms with van der Waals surface area (Å²) in [5.74, 6) is 1.44. The Labute approximate surface area is 216 Å². The molecular weight excluding hydrogens is 468 g/mol. The Morgan fingerprint density at radius 2 is 1.78 bits per heavy atom. The first-order valence-corrected chi connectivity index (χ1v) is 12.3. The predicted molar refractivity (Wildman–Crippen MR) is 138 cm³/mol. The van der Waals surface area contributed by atoms with Crippen LogP contribution < -0.4 is 4.74 Å². The van der Waals surface area contributed by atoms with Crippen LogP contribution in [-0.2, 0) is 29.2 Å². The first kappa shape index (κ1) is 24.6. The molecule has 9 heteroatoms. The van der Waals surface area contributed by atoms with E-state index in [-0.39, 0.29) is 18.6 Å². The fraction of sp³-hybridized carbons (Fsp3) is 0.286. The van der Waals surface area contributed by atoms with Gasteiger partial charge in [0.15, 0.2) is 0 Å². The van der Waals surface area contributed by atoms with E-state index in [1.165, 1.54) is 0 Å². The second kappa shape index (κ2) is 11.8. The summed E-state index contributed by atoms with van der Waals surface area (Å²) < 4.78 is 13.7. The maximum absolute atomic E-state index is 13.4. The van der Waals surface area contributed by atoms with Gasteiger partial charge in [0.25, 0.3) is 0 Å². The number of ether oxygens (including phenoxy) is 2. The fourth-order valence-electron chi connectivity index (χ4n) is 4.48. The first-order valence-electron chi connectivity index (χ1n) is 12.3. The monoisotopic (exact) mass is 498 g/mol. The number of benzene rings is 1. The Kier molecular flexibility index (Phi) is 7.83. The van der Waals surface area contributed by atoms with Crippen LogP contribution in [0.5, 0.6) is 5.75 Å². The van der Waals surface area contributed by atoms with E-state index in [1.54, 1.807) is 31.8 Å². The number of aromatic nitrogens is 4. The summed E-state index contributed by atoms with van der Waals surface area (Å²) in [6.07, 6.45) is 6.95. The highest BCUT2D eigenvalue weighted by atomic mass is 16.5. The van der Waals surface area contributed by atoms with Crippen LogP contribution in [0.2, 0.25) is 0 Å². The smallest absolute Gasteiger partial charge is 0.237 e. The zero-order chi connectivity index (χ0) is 25.5. The van der Waals surface area contributed by atoms with Gasteiger partial charge < -0.3 is 14.4 Å². The zero-order valence-electron chi connectivity index (χ0n) is 20.8. The molecule has 4 aromatic rings. The van der Waals surface area contributed by atoms with Gasteiger partial charge in [-0.2, -0.15) is 0 Å². The number of pyridine rings is 1. The topological polar surface area (TPSA) is 85.6 Å². The van der Waals surface area contributed by atoms with Crippen molar-refractivity contribution in [2.75, 3.05) is 26.7 Å². The number of nitrogens with zero attached hydrogens (tertiary/aromatic N) is 6. The van der Waals surface area contributed by atoms with Crippen molar-refractivity contribution < 1.29 is 14.3 Å². The quantitative estimate of drug-likeness (QED) is 0.351.